The summed E-state index contributed by atoms with van der Waals surface area (Å²) in [5, 5.41) is 3.46. The first-order valence-corrected chi connectivity index (χ1v) is 7.73. The van der Waals surface area contributed by atoms with Crippen LogP contribution < -0.4 is 5.32 Å². The van der Waals surface area contributed by atoms with Crippen LogP contribution in [0.2, 0.25) is 0 Å². The monoisotopic (exact) mass is 338 g/mol. The lowest BCUT2D eigenvalue weighted by Crippen LogP contribution is -2.18. The first-order valence-electron chi connectivity index (χ1n) is 6.93. The van der Waals surface area contributed by atoms with E-state index in [0.29, 0.717) is 17.1 Å². The van der Waals surface area contributed by atoms with E-state index in [1.54, 1.807) is 6.07 Å². The van der Waals surface area contributed by atoms with E-state index in [0.717, 1.165) is 18.5 Å². The summed E-state index contributed by atoms with van der Waals surface area (Å²) >= 11 is 3.31. The van der Waals surface area contributed by atoms with Crippen molar-refractivity contribution in [2.24, 2.45) is 0 Å². The SMILES string of the molecule is CCCNC(C)c1ccn(Cc2cccc(F)c2Br)c1. The molecule has 2 nitrogen and oxygen atoms in total. The molecular weight excluding hydrogens is 319 g/mol. The van der Waals surface area contributed by atoms with E-state index >= 15 is 0 Å². The number of rotatable bonds is 6. The van der Waals surface area contributed by atoms with Gasteiger partial charge in [0.1, 0.15) is 5.82 Å². The molecule has 0 spiro atoms. The molecule has 4 heteroatoms. The van der Waals surface area contributed by atoms with Crippen molar-refractivity contribution in [1.29, 1.82) is 0 Å². The second-order valence-corrected chi connectivity index (χ2v) is 5.80. The van der Waals surface area contributed by atoms with Crippen LogP contribution in [0.3, 0.4) is 0 Å². The maximum atomic E-state index is 13.5. The predicted molar refractivity (Wildman–Crippen MR) is 84.3 cm³/mol. The Morgan fingerprint density at radius 2 is 2.15 bits per heavy atom. The average Bonchev–Trinajstić information content (AvgIpc) is 2.90. The second-order valence-electron chi connectivity index (χ2n) is 5.01. The third-order valence-electron chi connectivity index (χ3n) is 3.36. The van der Waals surface area contributed by atoms with Gasteiger partial charge in [-0.05, 0) is 59.1 Å². The van der Waals surface area contributed by atoms with Crippen LogP contribution in [0.5, 0.6) is 0 Å². The largest absolute Gasteiger partial charge is 0.350 e. The molecule has 0 aliphatic heterocycles. The van der Waals surface area contributed by atoms with Crippen LogP contribution in [0.25, 0.3) is 0 Å². The van der Waals surface area contributed by atoms with E-state index in [4.69, 9.17) is 0 Å². The smallest absolute Gasteiger partial charge is 0.137 e. The lowest BCUT2D eigenvalue weighted by molar-refractivity contribution is 0.569. The molecule has 0 fully saturated rings. The van der Waals surface area contributed by atoms with Gasteiger partial charge in [-0.3, -0.25) is 0 Å². The Balaban J connectivity index is 2.07. The highest BCUT2D eigenvalue weighted by molar-refractivity contribution is 9.10. The standard InChI is InChI=1S/C16H20BrFN2/c1-3-8-19-12(2)13-7-9-20(10-13)11-14-5-4-6-15(18)16(14)17/h4-7,9-10,12,19H,3,8,11H2,1-2H3. The third kappa shape index (κ3) is 3.70. The van der Waals surface area contributed by atoms with E-state index in [1.165, 1.54) is 11.6 Å². The molecule has 1 atom stereocenters. The van der Waals surface area contributed by atoms with Gasteiger partial charge >= 0.3 is 0 Å². The minimum Gasteiger partial charge on any atom is -0.350 e. The van der Waals surface area contributed by atoms with Crippen molar-refractivity contribution >= 4 is 15.9 Å². The number of nitrogens with zero attached hydrogens (tertiary/aromatic N) is 1. The van der Waals surface area contributed by atoms with Crippen LogP contribution in [0, 0.1) is 5.82 Å². The molecule has 0 saturated carbocycles. The van der Waals surface area contributed by atoms with Crippen LogP contribution in [0.15, 0.2) is 41.1 Å². The number of hydrogen-bond donors (Lipinski definition) is 1. The summed E-state index contributed by atoms with van der Waals surface area (Å²) in [7, 11) is 0. The van der Waals surface area contributed by atoms with Crippen molar-refractivity contribution in [3.63, 3.8) is 0 Å². The summed E-state index contributed by atoms with van der Waals surface area (Å²) in [5.41, 5.74) is 2.20. The molecule has 0 radical (unpaired) electrons. The number of hydrogen-bond acceptors (Lipinski definition) is 1. The number of nitrogens with one attached hydrogen (secondary N) is 1. The van der Waals surface area contributed by atoms with E-state index in [1.807, 2.05) is 12.3 Å². The quantitative estimate of drug-likeness (QED) is 0.820. The van der Waals surface area contributed by atoms with Crippen molar-refractivity contribution in [2.45, 2.75) is 32.9 Å². The Morgan fingerprint density at radius 1 is 1.35 bits per heavy atom. The molecule has 0 bridgehead atoms. The van der Waals surface area contributed by atoms with Crippen molar-refractivity contribution < 1.29 is 4.39 Å². The Hall–Kier alpha value is -1.13. The van der Waals surface area contributed by atoms with Gasteiger partial charge in [-0.1, -0.05) is 19.1 Å². The fourth-order valence-corrected chi connectivity index (χ4v) is 2.55. The summed E-state index contributed by atoms with van der Waals surface area (Å²) in [4.78, 5) is 0. The molecule has 0 aliphatic rings. The fraction of sp³-hybridized carbons (Fsp3) is 0.375. The maximum absolute atomic E-state index is 13.5. The Morgan fingerprint density at radius 3 is 2.90 bits per heavy atom. The van der Waals surface area contributed by atoms with Gasteiger partial charge < -0.3 is 9.88 Å². The third-order valence-corrected chi connectivity index (χ3v) is 4.25. The summed E-state index contributed by atoms with van der Waals surface area (Å²) in [6, 6.07) is 7.59. The van der Waals surface area contributed by atoms with Crippen molar-refractivity contribution in [2.75, 3.05) is 6.54 Å². The van der Waals surface area contributed by atoms with Gasteiger partial charge in [0.15, 0.2) is 0 Å². The first kappa shape index (κ1) is 15.3. The molecule has 1 N–H and O–H groups in total. The average molecular weight is 339 g/mol. The molecule has 108 valence electrons. The highest BCUT2D eigenvalue weighted by atomic mass is 79.9. The van der Waals surface area contributed by atoms with Crippen LogP contribution >= 0.6 is 15.9 Å². The lowest BCUT2D eigenvalue weighted by atomic mass is 10.2. The molecule has 1 unspecified atom stereocenters. The molecule has 2 rings (SSSR count). The predicted octanol–water partition coefficient (Wildman–Crippen LogP) is 4.50. The van der Waals surface area contributed by atoms with Gasteiger partial charge in [-0.15, -0.1) is 0 Å². The lowest BCUT2D eigenvalue weighted by Gasteiger charge is -2.11. The van der Waals surface area contributed by atoms with Crippen LogP contribution in [-0.4, -0.2) is 11.1 Å². The summed E-state index contributed by atoms with van der Waals surface area (Å²) in [6.07, 6.45) is 5.28. The topological polar surface area (TPSA) is 17.0 Å². The zero-order valence-corrected chi connectivity index (χ0v) is 13.5. The molecule has 20 heavy (non-hydrogen) atoms. The van der Waals surface area contributed by atoms with E-state index in [-0.39, 0.29) is 5.82 Å². The molecule has 1 aromatic heterocycles. The van der Waals surface area contributed by atoms with Gasteiger partial charge in [-0.25, -0.2) is 4.39 Å². The summed E-state index contributed by atoms with van der Waals surface area (Å²) in [6.45, 7) is 6.00. The minimum atomic E-state index is -0.215. The normalized spacial score (nSPS) is 12.6. The molecule has 0 saturated heterocycles. The molecular formula is C16H20BrFN2. The maximum Gasteiger partial charge on any atom is 0.137 e. The summed E-state index contributed by atoms with van der Waals surface area (Å²) in [5.74, 6) is -0.215. The Bertz CT molecular complexity index is 565. The molecule has 1 heterocycles. The van der Waals surface area contributed by atoms with Gasteiger partial charge in [0.2, 0.25) is 0 Å². The van der Waals surface area contributed by atoms with Gasteiger partial charge in [-0.2, -0.15) is 0 Å². The van der Waals surface area contributed by atoms with Gasteiger partial charge in [0.05, 0.1) is 4.47 Å². The molecule has 0 amide bonds. The van der Waals surface area contributed by atoms with Crippen LogP contribution in [0.1, 0.15) is 37.4 Å². The van der Waals surface area contributed by atoms with Crippen molar-refractivity contribution in [3.05, 3.63) is 58.1 Å². The van der Waals surface area contributed by atoms with Crippen LogP contribution in [-0.2, 0) is 6.54 Å². The molecule has 2 aromatic rings. The minimum absolute atomic E-state index is 0.215. The van der Waals surface area contributed by atoms with Gasteiger partial charge in [0, 0.05) is 25.0 Å². The van der Waals surface area contributed by atoms with E-state index < -0.39 is 0 Å². The Labute approximate surface area is 128 Å². The fourth-order valence-electron chi connectivity index (χ4n) is 2.16. The van der Waals surface area contributed by atoms with E-state index in [2.05, 4.69) is 51.9 Å². The molecule has 0 aliphatic carbocycles. The highest BCUT2D eigenvalue weighted by Crippen LogP contribution is 2.22. The van der Waals surface area contributed by atoms with Crippen molar-refractivity contribution in [3.8, 4) is 0 Å². The van der Waals surface area contributed by atoms with Crippen molar-refractivity contribution in [1.82, 2.24) is 9.88 Å². The van der Waals surface area contributed by atoms with Gasteiger partial charge in [0.25, 0.3) is 0 Å². The zero-order chi connectivity index (χ0) is 14.5. The second kappa shape index (κ2) is 7.04. The number of halogens is 2. The summed E-state index contributed by atoms with van der Waals surface area (Å²) < 4.78 is 16.1. The van der Waals surface area contributed by atoms with E-state index in [9.17, 15) is 4.39 Å². The number of aromatic nitrogens is 1. The first-order chi connectivity index (χ1) is 9.61. The number of benzene rings is 1. The zero-order valence-electron chi connectivity index (χ0n) is 11.9. The highest BCUT2D eigenvalue weighted by Gasteiger charge is 2.08. The molecule has 1 aromatic carbocycles. The van der Waals surface area contributed by atoms with Crippen LogP contribution in [0.4, 0.5) is 4.39 Å². The Kier molecular flexibility index (Phi) is 5.38.